The van der Waals surface area contributed by atoms with Crippen molar-refractivity contribution in [3.05, 3.63) is 23.8 Å². The molecule has 3 N–H and O–H groups in total. The second-order valence-electron chi connectivity index (χ2n) is 3.17. The first-order valence-electron chi connectivity index (χ1n) is 4.90. The number of aromatic hydroxyl groups is 1. The minimum atomic E-state index is -0.129. The smallest absolute Gasteiger partial charge is 0.120 e. The Bertz CT molecular complexity index is 299. The molecule has 14 heavy (non-hydrogen) atoms. The molecule has 0 aromatic heterocycles. The van der Waals surface area contributed by atoms with Gasteiger partial charge in [0.2, 0.25) is 0 Å². The first kappa shape index (κ1) is 10.9. The minimum absolute atomic E-state index is 0.129. The van der Waals surface area contributed by atoms with Crippen molar-refractivity contribution >= 4 is 0 Å². The number of hydrogen-bond acceptors (Lipinski definition) is 3. The van der Waals surface area contributed by atoms with Gasteiger partial charge in [0.1, 0.15) is 11.5 Å². The molecule has 0 aliphatic heterocycles. The summed E-state index contributed by atoms with van der Waals surface area (Å²) in [5.41, 5.74) is 6.59. The summed E-state index contributed by atoms with van der Waals surface area (Å²) in [6.45, 7) is 4.52. The zero-order valence-corrected chi connectivity index (χ0v) is 8.66. The maximum Gasteiger partial charge on any atom is 0.120 e. The van der Waals surface area contributed by atoms with Gasteiger partial charge in [-0.1, -0.05) is 6.92 Å². The van der Waals surface area contributed by atoms with E-state index in [9.17, 15) is 5.11 Å². The van der Waals surface area contributed by atoms with Gasteiger partial charge in [0, 0.05) is 11.6 Å². The van der Waals surface area contributed by atoms with E-state index in [1.54, 1.807) is 18.2 Å². The standard InChI is InChI=1S/C11H17NO2/c1-3-10(12)9-7-8(14-4-2)5-6-11(9)13/h5-7,10,13H,3-4,12H2,1-2H3. The maximum atomic E-state index is 9.57. The van der Waals surface area contributed by atoms with Gasteiger partial charge in [-0.05, 0) is 31.5 Å². The monoisotopic (exact) mass is 195 g/mol. The average molecular weight is 195 g/mol. The van der Waals surface area contributed by atoms with E-state index in [2.05, 4.69) is 0 Å². The molecule has 1 aromatic rings. The van der Waals surface area contributed by atoms with Crippen molar-refractivity contribution in [2.75, 3.05) is 6.61 Å². The molecule has 1 atom stereocenters. The molecule has 0 aliphatic rings. The quantitative estimate of drug-likeness (QED) is 0.774. The normalized spacial score (nSPS) is 12.5. The molecule has 1 aromatic carbocycles. The third-order valence-electron chi connectivity index (χ3n) is 2.15. The van der Waals surface area contributed by atoms with Crippen molar-refractivity contribution in [2.24, 2.45) is 5.73 Å². The van der Waals surface area contributed by atoms with E-state index >= 15 is 0 Å². The van der Waals surface area contributed by atoms with Crippen molar-refractivity contribution < 1.29 is 9.84 Å². The van der Waals surface area contributed by atoms with Crippen LogP contribution >= 0.6 is 0 Å². The van der Waals surface area contributed by atoms with Crippen LogP contribution in [0.4, 0.5) is 0 Å². The number of hydrogen-bond donors (Lipinski definition) is 2. The molecular weight excluding hydrogens is 178 g/mol. The van der Waals surface area contributed by atoms with Gasteiger partial charge in [0.05, 0.1) is 6.61 Å². The summed E-state index contributed by atoms with van der Waals surface area (Å²) >= 11 is 0. The number of phenolic OH excluding ortho intramolecular Hbond substituents is 1. The fourth-order valence-corrected chi connectivity index (χ4v) is 1.31. The van der Waals surface area contributed by atoms with Crippen LogP contribution < -0.4 is 10.5 Å². The van der Waals surface area contributed by atoms with E-state index in [-0.39, 0.29) is 11.8 Å². The summed E-state index contributed by atoms with van der Waals surface area (Å²) in [6, 6.07) is 5.03. The summed E-state index contributed by atoms with van der Waals surface area (Å²) in [4.78, 5) is 0. The van der Waals surface area contributed by atoms with E-state index in [1.165, 1.54) is 0 Å². The van der Waals surface area contributed by atoms with Gasteiger partial charge >= 0.3 is 0 Å². The largest absolute Gasteiger partial charge is 0.508 e. The van der Waals surface area contributed by atoms with Crippen LogP contribution in [0.15, 0.2) is 18.2 Å². The summed E-state index contributed by atoms with van der Waals surface area (Å²) in [5, 5.41) is 9.57. The molecule has 0 spiro atoms. The lowest BCUT2D eigenvalue weighted by atomic mass is 10.0. The Labute approximate surface area is 84.5 Å². The topological polar surface area (TPSA) is 55.5 Å². The fraction of sp³-hybridized carbons (Fsp3) is 0.455. The second kappa shape index (κ2) is 4.86. The van der Waals surface area contributed by atoms with E-state index < -0.39 is 0 Å². The van der Waals surface area contributed by atoms with E-state index in [0.29, 0.717) is 6.61 Å². The molecule has 0 heterocycles. The molecule has 78 valence electrons. The number of nitrogens with two attached hydrogens (primary N) is 1. The minimum Gasteiger partial charge on any atom is -0.508 e. The highest BCUT2D eigenvalue weighted by Crippen LogP contribution is 2.28. The Morgan fingerprint density at radius 2 is 2.14 bits per heavy atom. The Morgan fingerprint density at radius 1 is 1.43 bits per heavy atom. The van der Waals surface area contributed by atoms with E-state index in [1.807, 2.05) is 13.8 Å². The zero-order valence-electron chi connectivity index (χ0n) is 8.66. The van der Waals surface area contributed by atoms with E-state index in [4.69, 9.17) is 10.5 Å². The molecule has 3 heteroatoms. The Kier molecular flexibility index (Phi) is 3.77. The first-order valence-corrected chi connectivity index (χ1v) is 4.90. The molecule has 0 bridgehead atoms. The summed E-state index contributed by atoms with van der Waals surface area (Å²) < 4.78 is 5.33. The molecule has 0 radical (unpaired) electrons. The molecule has 0 fully saturated rings. The molecule has 0 saturated heterocycles. The Morgan fingerprint density at radius 3 is 2.71 bits per heavy atom. The van der Waals surface area contributed by atoms with Crippen LogP contribution in [-0.4, -0.2) is 11.7 Å². The Hall–Kier alpha value is -1.22. The SMILES string of the molecule is CCOc1ccc(O)c(C(N)CC)c1. The molecule has 3 nitrogen and oxygen atoms in total. The van der Waals surface area contributed by atoms with Crippen molar-refractivity contribution in [1.29, 1.82) is 0 Å². The highest BCUT2D eigenvalue weighted by atomic mass is 16.5. The third-order valence-corrected chi connectivity index (χ3v) is 2.15. The van der Waals surface area contributed by atoms with Crippen molar-refractivity contribution in [3.8, 4) is 11.5 Å². The highest BCUT2D eigenvalue weighted by Gasteiger charge is 2.09. The van der Waals surface area contributed by atoms with Gasteiger partial charge in [-0.25, -0.2) is 0 Å². The second-order valence-corrected chi connectivity index (χ2v) is 3.17. The lowest BCUT2D eigenvalue weighted by Gasteiger charge is -2.13. The van der Waals surface area contributed by atoms with Crippen LogP contribution in [0.3, 0.4) is 0 Å². The number of phenols is 1. The van der Waals surface area contributed by atoms with Crippen LogP contribution in [0.25, 0.3) is 0 Å². The zero-order chi connectivity index (χ0) is 10.6. The van der Waals surface area contributed by atoms with Gasteiger partial charge in [0.15, 0.2) is 0 Å². The lowest BCUT2D eigenvalue weighted by Crippen LogP contribution is -2.09. The van der Waals surface area contributed by atoms with Gasteiger partial charge in [-0.2, -0.15) is 0 Å². The molecule has 0 saturated carbocycles. The Balaban J connectivity index is 2.95. The molecule has 1 rings (SSSR count). The molecule has 1 unspecified atom stereocenters. The van der Waals surface area contributed by atoms with Gasteiger partial charge < -0.3 is 15.6 Å². The summed E-state index contributed by atoms with van der Waals surface area (Å²) in [6.07, 6.45) is 0.795. The highest BCUT2D eigenvalue weighted by molar-refractivity contribution is 5.41. The van der Waals surface area contributed by atoms with Crippen LogP contribution in [-0.2, 0) is 0 Å². The average Bonchev–Trinajstić information content (AvgIpc) is 2.20. The van der Waals surface area contributed by atoms with Gasteiger partial charge in [-0.3, -0.25) is 0 Å². The van der Waals surface area contributed by atoms with Crippen LogP contribution in [0.1, 0.15) is 31.9 Å². The van der Waals surface area contributed by atoms with Crippen molar-refractivity contribution in [2.45, 2.75) is 26.3 Å². The molecule has 0 aliphatic carbocycles. The molecular formula is C11H17NO2. The summed E-state index contributed by atoms with van der Waals surface area (Å²) in [7, 11) is 0. The maximum absolute atomic E-state index is 9.57. The van der Waals surface area contributed by atoms with Crippen LogP contribution in [0, 0.1) is 0 Å². The predicted molar refractivity (Wildman–Crippen MR) is 56.5 cm³/mol. The summed E-state index contributed by atoms with van der Waals surface area (Å²) in [5.74, 6) is 0.993. The van der Waals surface area contributed by atoms with Crippen molar-refractivity contribution in [3.63, 3.8) is 0 Å². The van der Waals surface area contributed by atoms with Gasteiger partial charge in [0.25, 0.3) is 0 Å². The number of benzene rings is 1. The van der Waals surface area contributed by atoms with Gasteiger partial charge in [-0.15, -0.1) is 0 Å². The van der Waals surface area contributed by atoms with Crippen molar-refractivity contribution in [1.82, 2.24) is 0 Å². The lowest BCUT2D eigenvalue weighted by molar-refractivity contribution is 0.338. The number of rotatable bonds is 4. The first-order chi connectivity index (χ1) is 6.69. The fourth-order valence-electron chi connectivity index (χ4n) is 1.31. The van der Waals surface area contributed by atoms with Crippen LogP contribution in [0.2, 0.25) is 0 Å². The number of ether oxygens (including phenoxy) is 1. The van der Waals surface area contributed by atoms with E-state index in [0.717, 1.165) is 17.7 Å². The third kappa shape index (κ3) is 2.39. The molecule has 0 amide bonds. The predicted octanol–water partition coefficient (Wildman–Crippen LogP) is 2.20. The van der Waals surface area contributed by atoms with Crippen LogP contribution in [0.5, 0.6) is 11.5 Å².